The molecule has 0 nitrogen and oxygen atoms in total. The van der Waals surface area contributed by atoms with Crippen LogP contribution in [0, 0.1) is 6.42 Å². The highest BCUT2D eigenvalue weighted by molar-refractivity contribution is 5.08. The first kappa shape index (κ1) is 17.2. The van der Waals surface area contributed by atoms with Gasteiger partial charge in [-0.1, -0.05) is 0 Å². The molecule has 12 heteroatoms. The van der Waals surface area contributed by atoms with Crippen molar-refractivity contribution < 1.29 is 52.7 Å². The second kappa shape index (κ2) is 4.08. The van der Waals surface area contributed by atoms with E-state index >= 15 is 0 Å². The summed E-state index contributed by atoms with van der Waals surface area (Å²) < 4.78 is 141. The normalized spacial score (nSPS) is 16.0. The van der Waals surface area contributed by atoms with Crippen LogP contribution in [-0.4, -0.2) is 30.1 Å². The highest BCUT2D eigenvalue weighted by Crippen LogP contribution is 2.55. The van der Waals surface area contributed by atoms with E-state index in [0.29, 0.717) is 0 Å². The number of halogens is 12. The molecule has 0 aromatic heterocycles. The fraction of sp³-hybridized carbons (Fsp3) is 0.833. The largest absolute Gasteiger partial charge is 0.460 e. The Kier molecular flexibility index (Phi) is 3.89. The second-order valence-corrected chi connectivity index (χ2v) is 2.84. The number of rotatable bonds is 3. The van der Waals surface area contributed by atoms with Crippen LogP contribution in [0.5, 0.6) is 0 Å². The van der Waals surface area contributed by atoms with Crippen LogP contribution >= 0.6 is 0 Å². The first-order valence-electron chi connectivity index (χ1n) is 3.52. The van der Waals surface area contributed by atoms with Gasteiger partial charge >= 0.3 is 30.1 Å². The van der Waals surface area contributed by atoms with Crippen molar-refractivity contribution in [3.05, 3.63) is 6.42 Å². The number of hydrogen-bond donors (Lipinski definition) is 0. The molecule has 0 amide bonds. The Hall–Kier alpha value is -0.840. The zero-order chi connectivity index (χ0) is 15.2. The molecule has 0 aromatic carbocycles. The predicted molar refractivity (Wildman–Crippen MR) is 30.2 cm³/mol. The van der Waals surface area contributed by atoms with Crippen LogP contribution in [0.2, 0.25) is 0 Å². The molecular weight excluding hydrogens is 300 g/mol. The predicted octanol–water partition coefficient (Wildman–Crippen LogP) is 4.10. The molecule has 18 heavy (non-hydrogen) atoms. The maximum atomic E-state index is 12.2. The van der Waals surface area contributed by atoms with E-state index in [1.807, 2.05) is 0 Å². The molecule has 0 unspecified atom stereocenters. The minimum atomic E-state index is -7.36. The Balaban J connectivity index is 5.50. The van der Waals surface area contributed by atoms with Crippen LogP contribution in [0.3, 0.4) is 0 Å². The fourth-order valence-corrected chi connectivity index (χ4v) is 0.632. The van der Waals surface area contributed by atoms with Crippen LogP contribution in [0.25, 0.3) is 0 Å². The van der Waals surface area contributed by atoms with E-state index in [4.69, 9.17) is 0 Å². The molecule has 0 saturated carbocycles. The van der Waals surface area contributed by atoms with Crippen molar-refractivity contribution in [1.29, 1.82) is 0 Å². The van der Waals surface area contributed by atoms with Crippen LogP contribution in [0.15, 0.2) is 0 Å². The highest BCUT2D eigenvalue weighted by Gasteiger charge is 2.82. The van der Waals surface area contributed by atoms with Gasteiger partial charge in [-0.05, 0) is 0 Å². The van der Waals surface area contributed by atoms with Crippen molar-refractivity contribution in [3.63, 3.8) is 0 Å². The summed E-state index contributed by atoms with van der Waals surface area (Å²) in [6.07, 6.45) is -14.7. The summed E-state index contributed by atoms with van der Waals surface area (Å²) in [5, 5.41) is 0. The molecule has 0 atom stereocenters. The summed E-state index contributed by atoms with van der Waals surface area (Å²) in [5.74, 6) is -21.6. The smallest absolute Gasteiger partial charge is 0.199 e. The van der Waals surface area contributed by atoms with Gasteiger partial charge in [-0.3, -0.25) is 0 Å². The van der Waals surface area contributed by atoms with E-state index < -0.39 is 36.5 Å². The maximum Gasteiger partial charge on any atom is 0.460 e. The van der Waals surface area contributed by atoms with Gasteiger partial charge < -0.3 is 0 Å². The first-order chi connectivity index (χ1) is 7.46. The maximum absolute atomic E-state index is 12.2. The summed E-state index contributed by atoms with van der Waals surface area (Å²) in [7, 11) is 0. The quantitative estimate of drug-likeness (QED) is 0.688. The lowest BCUT2D eigenvalue weighted by molar-refractivity contribution is -0.394. The molecule has 0 aliphatic heterocycles. The van der Waals surface area contributed by atoms with Gasteiger partial charge in [0.15, 0.2) is 6.42 Å². The molecule has 0 saturated heterocycles. The molecular formula is C6F12. The Labute approximate surface area is 90.6 Å². The molecule has 0 spiro atoms. The van der Waals surface area contributed by atoms with Gasteiger partial charge in [-0.2, -0.15) is 52.7 Å². The van der Waals surface area contributed by atoms with Crippen LogP contribution in [0.1, 0.15) is 0 Å². The molecule has 2 radical (unpaired) electrons. The first-order valence-corrected chi connectivity index (χ1v) is 3.52. The van der Waals surface area contributed by atoms with E-state index in [0.717, 1.165) is 0 Å². The topological polar surface area (TPSA) is 0 Å². The average molecular weight is 300 g/mol. The van der Waals surface area contributed by atoms with Gasteiger partial charge in [-0.25, -0.2) is 0 Å². The van der Waals surface area contributed by atoms with Crippen molar-refractivity contribution in [2.45, 2.75) is 30.1 Å². The van der Waals surface area contributed by atoms with Crippen molar-refractivity contribution in [2.75, 3.05) is 0 Å². The Morgan fingerprint density at radius 1 is 0.500 bits per heavy atom. The van der Waals surface area contributed by atoms with E-state index in [1.165, 1.54) is 0 Å². The lowest BCUT2D eigenvalue weighted by Gasteiger charge is -2.33. The SMILES string of the molecule is FC(F)(F)[C]C(F)(F)C(F)(F)C(F)(F)C(F)(F)F. The molecule has 0 aliphatic carbocycles. The number of alkyl halides is 12. The Morgan fingerprint density at radius 2 is 0.833 bits per heavy atom. The third kappa shape index (κ3) is 2.94. The molecule has 0 bridgehead atoms. The molecule has 0 heterocycles. The Bertz CT molecular complexity index is 293. The molecule has 0 aromatic rings. The monoisotopic (exact) mass is 300 g/mol. The standard InChI is InChI=1S/C6F12/c7-2(8,1-3(9,10)11)4(12,13)5(14,15)6(16,17)18. The van der Waals surface area contributed by atoms with E-state index in [2.05, 4.69) is 0 Å². The van der Waals surface area contributed by atoms with Gasteiger partial charge in [0.1, 0.15) is 0 Å². The Morgan fingerprint density at radius 3 is 1.06 bits per heavy atom. The summed E-state index contributed by atoms with van der Waals surface area (Å²) >= 11 is 0. The minimum Gasteiger partial charge on any atom is -0.199 e. The van der Waals surface area contributed by atoms with Crippen LogP contribution in [-0.2, 0) is 0 Å². The molecule has 0 fully saturated rings. The zero-order valence-corrected chi connectivity index (χ0v) is 7.54. The lowest BCUT2D eigenvalue weighted by atomic mass is 10.0. The molecule has 108 valence electrons. The average Bonchev–Trinajstić information content (AvgIpc) is 1.95. The van der Waals surface area contributed by atoms with Gasteiger partial charge in [0, 0.05) is 0 Å². The summed E-state index contributed by atoms with van der Waals surface area (Å²) in [4.78, 5) is 0. The van der Waals surface area contributed by atoms with E-state index in [9.17, 15) is 52.7 Å². The van der Waals surface area contributed by atoms with Gasteiger partial charge in [0.05, 0.1) is 0 Å². The number of hydrogen-bond acceptors (Lipinski definition) is 0. The highest BCUT2D eigenvalue weighted by atomic mass is 19.4. The van der Waals surface area contributed by atoms with E-state index in [1.54, 1.807) is 0 Å². The lowest BCUT2D eigenvalue weighted by Crippen LogP contribution is -2.61. The van der Waals surface area contributed by atoms with Crippen molar-refractivity contribution in [2.24, 2.45) is 0 Å². The van der Waals surface area contributed by atoms with Crippen molar-refractivity contribution in [3.8, 4) is 0 Å². The molecule has 0 rings (SSSR count). The van der Waals surface area contributed by atoms with Crippen molar-refractivity contribution >= 4 is 0 Å². The fourth-order valence-electron chi connectivity index (χ4n) is 0.632. The summed E-state index contributed by atoms with van der Waals surface area (Å²) in [5.41, 5.74) is 0. The third-order valence-electron chi connectivity index (χ3n) is 1.44. The zero-order valence-electron chi connectivity index (χ0n) is 7.54. The van der Waals surface area contributed by atoms with Crippen molar-refractivity contribution in [1.82, 2.24) is 0 Å². The van der Waals surface area contributed by atoms with E-state index in [-0.39, 0.29) is 0 Å². The minimum absolute atomic E-state index is 1.25. The second-order valence-electron chi connectivity index (χ2n) is 2.84. The van der Waals surface area contributed by atoms with Gasteiger partial charge in [0.25, 0.3) is 0 Å². The third-order valence-corrected chi connectivity index (χ3v) is 1.44. The van der Waals surface area contributed by atoms with Crippen LogP contribution in [0.4, 0.5) is 52.7 Å². The summed E-state index contributed by atoms with van der Waals surface area (Å²) in [6.45, 7) is 0. The molecule has 0 aliphatic rings. The van der Waals surface area contributed by atoms with Gasteiger partial charge in [-0.15, -0.1) is 0 Å². The molecule has 0 N–H and O–H groups in total. The van der Waals surface area contributed by atoms with Crippen LogP contribution < -0.4 is 0 Å². The summed E-state index contributed by atoms with van der Waals surface area (Å²) in [6, 6.07) is 0. The van der Waals surface area contributed by atoms with Gasteiger partial charge in [0.2, 0.25) is 0 Å².